The Bertz CT molecular complexity index is 397. The molecule has 1 aliphatic heterocycles. The third kappa shape index (κ3) is 3.42. The zero-order chi connectivity index (χ0) is 13.0. The monoisotopic (exact) mass is 246 g/mol. The lowest BCUT2D eigenvalue weighted by molar-refractivity contribution is -0.119. The van der Waals surface area contributed by atoms with E-state index >= 15 is 0 Å². The molecule has 1 aromatic rings. The van der Waals surface area contributed by atoms with Gasteiger partial charge in [-0.2, -0.15) is 0 Å². The Labute approximate surface area is 109 Å². The molecule has 1 aromatic carbocycles. The number of ether oxygens (including phenoxy) is 1. The molecule has 1 heterocycles. The molecule has 1 aliphatic rings. The van der Waals surface area contributed by atoms with Crippen LogP contribution in [0.1, 0.15) is 42.4 Å². The number of Topliss-reactive ketones (excluding diaryl/α,β-unsaturated/α-hetero) is 1. The van der Waals surface area contributed by atoms with Crippen molar-refractivity contribution in [1.29, 1.82) is 0 Å². The maximum absolute atomic E-state index is 12.0. The van der Waals surface area contributed by atoms with Gasteiger partial charge in [0.25, 0.3) is 0 Å². The molecule has 2 nitrogen and oxygen atoms in total. The first-order valence-corrected chi connectivity index (χ1v) is 6.85. The van der Waals surface area contributed by atoms with Crippen LogP contribution < -0.4 is 0 Å². The number of hydrogen-bond donors (Lipinski definition) is 0. The predicted octanol–water partition coefficient (Wildman–Crippen LogP) is 3.37. The van der Waals surface area contributed by atoms with E-state index in [1.807, 2.05) is 6.07 Å². The molecule has 0 aromatic heterocycles. The molecule has 2 heteroatoms. The number of hydrogen-bond acceptors (Lipinski definition) is 2. The first kappa shape index (κ1) is 13.3. The van der Waals surface area contributed by atoms with E-state index in [4.69, 9.17) is 4.74 Å². The molecule has 1 fully saturated rings. The second-order valence-corrected chi connectivity index (χ2v) is 5.26. The number of ketones is 1. The average molecular weight is 246 g/mol. The van der Waals surface area contributed by atoms with E-state index in [0.29, 0.717) is 24.7 Å². The normalized spacial score (nSPS) is 19.1. The van der Waals surface area contributed by atoms with E-state index < -0.39 is 0 Å². The van der Waals surface area contributed by atoms with Crippen molar-refractivity contribution < 1.29 is 9.53 Å². The lowest BCUT2D eigenvalue weighted by Crippen LogP contribution is -2.11. The van der Waals surface area contributed by atoms with Gasteiger partial charge in [0.15, 0.2) is 0 Å². The zero-order valence-electron chi connectivity index (χ0n) is 11.4. The first-order chi connectivity index (χ1) is 8.66. The zero-order valence-corrected chi connectivity index (χ0v) is 11.4. The van der Waals surface area contributed by atoms with Crippen LogP contribution in [0.4, 0.5) is 0 Å². The van der Waals surface area contributed by atoms with Crippen LogP contribution in [0.25, 0.3) is 0 Å². The Morgan fingerprint density at radius 3 is 2.67 bits per heavy atom. The van der Waals surface area contributed by atoms with E-state index in [2.05, 4.69) is 26.0 Å². The summed E-state index contributed by atoms with van der Waals surface area (Å²) in [5.74, 6) is 0.336. The summed E-state index contributed by atoms with van der Waals surface area (Å²) >= 11 is 0. The number of carbonyl (C=O) groups excluding carboxylic acids is 1. The summed E-state index contributed by atoms with van der Waals surface area (Å²) in [5.41, 5.74) is 3.65. The molecule has 0 N–H and O–H groups in total. The SMILES string of the molecule is Cc1cccc(C)c1CC(=O)CCC1CCCO1. The minimum Gasteiger partial charge on any atom is -0.378 e. The number of aryl methyl sites for hydroxylation is 2. The molecule has 98 valence electrons. The fourth-order valence-electron chi connectivity index (χ4n) is 2.61. The molecule has 0 amide bonds. The Hall–Kier alpha value is -1.15. The van der Waals surface area contributed by atoms with E-state index in [0.717, 1.165) is 25.9 Å². The minimum atomic E-state index is 0.326. The van der Waals surface area contributed by atoms with Crippen molar-refractivity contribution in [1.82, 2.24) is 0 Å². The van der Waals surface area contributed by atoms with Crippen molar-refractivity contribution in [2.45, 2.75) is 52.1 Å². The maximum atomic E-state index is 12.0. The third-order valence-electron chi connectivity index (χ3n) is 3.79. The molecular weight excluding hydrogens is 224 g/mol. The highest BCUT2D eigenvalue weighted by molar-refractivity contribution is 5.81. The molecule has 2 rings (SSSR count). The molecular formula is C16H22O2. The smallest absolute Gasteiger partial charge is 0.137 e. The summed E-state index contributed by atoms with van der Waals surface area (Å²) in [6.45, 7) is 5.03. The Morgan fingerprint density at radius 1 is 1.33 bits per heavy atom. The van der Waals surface area contributed by atoms with Crippen molar-refractivity contribution in [3.8, 4) is 0 Å². The molecule has 1 atom stereocenters. The molecule has 0 radical (unpaired) electrons. The minimum absolute atomic E-state index is 0.326. The lowest BCUT2D eigenvalue weighted by atomic mass is 9.96. The van der Waals surface area contributed by atoms with E-state index in [-0.39, 0.29) is 0 Å². The van der Waals surface area contributed by atoms with Gasteiger partial charge in [0.2, 0.25) is 0 Å². The fraction of sp³-hybridized carbons (Fsp3) is 0.562. The van der Waals surface area contributed by atoms with Gasteiger partial charge in [0.05, 0.1) is 6.10 Å². The number of rotatable bonds is 5. The van der Waals surface area contributed by atoms with Gasteiger partial charge in [-0.05, 0) is 49.8 Å². The molecule has 0 aliphatic carbocycles. The van der Waals surface area contributed by atoms with Crippen molar-refractivity contribution in [2.75, 3.05) is 6.61 Å². The fourth-order valence-corrected chi connectivity index (χ4v) is 2.61. The van der Waals surface area contributed by atoms with Crippen LogP contribution in [0.3, 0.4) is 0 Å². The van der Waals surface area contributed by atoms with Gasteiger partial charge in [0, 0.05) is 19.4 Å². The quantitative estimate of drug-likeness (QED) is 0.796. The Balaban J connectivity index is 1.86. The second-order valence-electron chi connectivity index (χ2n) is 5.26. The van der Waals surface area contributed by atoms with Crippen LogP contribution in [0.15, 0.2) is 18.2 Å². The highest BCUT2D eigenvalue weighted by atomic mass is 16.5. The maximum Gasteiger partial charge on any atom is 0.137 e. The predicted molar refractivity (Wildman–Crippen MR) is 72.8 cm³/mol. The van der Waals surface area contributed by atoms with Gasteiger partial charge in [-0.15, -0.1) is 0 Å². The van der Waals surface area contributed by atoms with E-state index in [9.17, 15) is 4.79 Å². The summed E-state index contributed by atoms with van der Waals surface area (Å²) in [6, 6.07) is 6.20. The van der Waals surface area contributed by atoms with Gasteiger partial charge >= 0.3 is 0 Å². The van der Waals surface area contributed by atoms with Gasteiger partial charge in [0.1, 0.15) is 5.78 Å². The van der Waals surface area contributed by atoms with Crippen LogP contribution in [-0.2, 0) is 16.0 Å². The number of benzene rings is 1. The third-order valence-corrected chi connectivity index (χ3v) is 3.79. The Morgan fingerprint density at radius 2 is 2.06 bits per heavy atom. The number of carbonyl (C=O) groups is 1. The summed E-state index contributed by atoms with van der Waals surface area (Å²) in [4.78, 5) is 12.0. The Kier molecular flexibility index (Phi) is 4.54. The summed E-state index contributed by atoms with van der Waals surface area (Å²) in [6.07, 6.45) is 4.71. The van der Waals surface area contributed by atoms with E-state index in [1.54, 1.807) is 0 Å². The van der Waals surface area contributed by atoms with Crippen molar-refractivity contribution in [2.24, 2.45) is 0 Å². The second kappa shape index (κ2) is 6.14. The standard InChI is InChI=1S/C16H22O2/c1-12-5-3-6-13(2)16(12)11-14(17)8-9-15-7-4-10-18-15/h3,5-6,15H,4,7-11H2,1-2H3. The summed E-state index contributed by atoms with van der Waals surface area (Å²) in [5, 5.41) is 0. The van der Waals surface area contributed by atoms with Crippen molar-refractivity contribution in [3.05, 3.63) is 34.9 Å². The molecule has 0 spiro atoms. The van der Waals surface area contributed by atoms with Crippen LogP contribution in [0.5, 0.6) is 0 Å². The van der Waals surface area contributed by atoms with Crippen LogP contribution in [0, 0.1) is 13.8 Å². The van der Waals surface area contributed by atoms with Crippen LogP contribution in [0.2, 0.25) is 0 Å². The average Bonchev–Trinajstić information content (AvgIpc) is 2.84. The molecule has 0 bridgehead atoms. The summed E-state index contributed by atoms with van der Waals surface area (Å²) < 4.78 is 5.55. The topological polar surface area (TPSA) is 26.3 Å². The highest BCUT2D eigenvalue weighted by Gasteiger charge is 2.17. The van der Waals surface area contributed by atoms with Gasteiger partial charge in [-0.25, -0.2) is 0 Å². The largest absolute Gasteiger partial charge is 0.378 e. The molecule has 0 saturated carbocycles. The van der Waals surface area contributed by atoms with Crippen LogP contribution >= 0.6 is 0 Å². The van der Waals surface area contributed by atoms with Crippen molar-refractivity contribution >= 4 is 5.78 Å². The molecule has 1 unspecified atom stereocenters. The lowest BCUT2D eigenvalue weighted by Gasteiger charge is -2.11. The van der Waals surface area contributed by atoms with Gasteiger partial charge < -0.3 is 4.74 Å². The molecule has 1 saturated heterocycles. The van der Waals surface area contributed by atoms with Gasteiger partial charge in [-0.3, -0.25) is 4.79 Å². The van der Waals surface area contributed by atoms with Crippen LogP contribution in [-0.4, -0.2) is 18.5 Å². The summed E-state index contributed by atoms with van der Waals surface area (Å²) in [7, 11) is 0. The highest BCUT2D eigenvalue weighted by Crippen LogP contribution is 2.19. The van der Waals surface area contributed by atoms with Crippen molar-refractivity contribution in [3.63, 3.8) is 0 Å². The first-order valence-electron chi connectivity index (χ1n) is 6.85. The van der Waals surface area contributed by atoms with E-state index in [1.165, 1.54) is 16.7 Å². The van der Waals surface area contributed by atoms with Gasteiger partial charge in [-0.1, -0.05) is 18.2 Å². The molecule has 18 heavy (non-hydrogen) atoms.